The van der Waals surface area contributed by atoms with E-state index in [9.17, 15) is 4.79 Å². The second-order valence-electron chi connectivity index (χ2n) is 6.15. The predicted octanol–water partition coefficient (Wildman–Crippen LogP) is 5.03. The molecule has 5 nitrogen and oxygen atoms in total. The smallest absolute Gasteiger partial charge is 0.344 e. The summed E-state index contributed by atoms with van der Waals surface area (Å²) in [5, 5.41) is 5.13. The summed E-state index contributed by atoms with van der Waals surface area (Å²) in [5.74, 6) is 0.487. The summed E-state index contributed by atoms with van der Waals surface area (Å²) in [6, 6.07) is 5.21. The molecule has 0 aliphatic heterocycles. The lowest BCUT2D eigenvalue weighted by Crippen LogP contribution is -2.24. The van der Waals surface area contributed by atoms with Crippen LogP contribution in [0, 0.1) is 6.92 Å². The van der Waals surface area contributed by atoms with Crippen molar-refractivity contribution < 1.29 is 18.8 Å². The molecule has 0 fully saturated rings. The Labute approximate surface area is 154 Å². The number of alkyl halides is 1. The Morgan fingerprint density at radius 3 is 2.67 bits per heavy atom. The third-order valence-electron chi connectivity index (χ3n) is 3.01. The Morgan fingerprint density at radius 2 is 2.08 bits per heavy atom. The van der Waals surface area contributed by atoms with Crippen LogP contribution < -0.4 is 4.74 Å². The summed E-state index contributed by atoms with van der Waals surface area (Å²) in [6.07, 6.45) is 0. The van der Waals surface area contributed by atoms with Crippen LogP contribution in [0.15, 0.2) is 22.7 Å². The van der Waals surface area contributed by atoms with Crippen molar-refractivity contribution in [3.05, 3.63) is 34.5 Å². The maximum absolute atomic E-state index is 12.4. The van der Waals surface area contributed by atoms with E-state index in [0.717, 1.165) is 0 Å². The van der Waals surface area contributed by atoms with Crippen molar-refractivity contribution in [2.75, 3.05) is 11.9 Å². The van der Waals surface area contributed by atoms with E-state index in [4.69, 9.17) is 25.6 Å². The van der Waals surface area contributed by atoms with Gasteiger partial charge in [0.1, 0.15) is 28.4 Å². The van der Waals surface area contributed by atoms with Gasteiger partial charge in [0, 0.05) is 10.9 Å². The lowest BCUT2D eigenvalue weighted by atomic mass is 10.1. The molecule has 1 heterocycles. The summed E-state index contributed by atoms with van der Waals surface area (Å²) >= 11 is 9.54. The summed E-state index contributed by atoms with van der Waals surface area (Å²) in [5.41, 5.74) is 0.748. The number of carbonyl (C=O) groups is 1. The zero-order valence-electron chi connectivity index (χ0n) is 14.0. The van der Waals surface area contributed by atoms with Crippen LogP contribution in [0.2, 0.25) is 5.02 Å². The highest BCUT2D eigenvalue weighted by molar-refractivity contribution is 9.09. The molecule has 0 unspecified atom stereocenters. The minimum Gasteiger partial charge on any atom is -0.491 e. The van der Waals surface area contributed by atoms with Crippen LogP contribution in [0.3, 0.4) is 0 Å². The number of hydrogen-bond donors (Lipinski definition) is 0. The highest BCUT2D eigenvalue weighted by Gasteiger charge is 2.27. The van der Waals surface area contributed by atoms with Crippen LogP contribution in [0.25, 0.3) is 11.3 Å². The van der Waals surface area contributed by atoms with Gasteiger partial charge in [0.25, 0.3) is 0 Å². The SMILES string of the molecule is Cc1onc(-c2ccc(OCCBr)c(Cl)c2)c1C(=O)OC(C)(C)C. The van der Waals surface area contributed by atoms with E-state index in [1.54, 1.807) is 45.9 Å². The van der Waals surface area contributed by atoms with Crippen molar-refractivity contribution in [1.82, 2.24) is 5.16 Å². The van der Waals surface area contributed by atoms with Crippen molar-refractivity contribution in [2.45, 2.75) is 33.3 Å². The quantitative estimate of drug-likeness (QED) is 0.505. The largest absolute Gasteiger partial charge is 0.491 e. The summed E-state index contributed by atoms with van der Waals surface area (Å²) in [7, 11) is 0. The number of nitrogens with zero attached hydrogens (tertiary/aromatic N) is 1. The van der Waals surface area contributed by atoms with Crippen molar-refractivity contribution in [1.29, 1.82) is 0 Å². The molecule has 0 amide bonds. The van der Waals surface area contributed by atoms with Gasteiger partial charge in [0.05, 0.1) is 11.6 Å². The minimum atomic E-state index is -0.608. The molecule has 0 aliphatic carbocycles. The van der Waals surface area contributed by atoms with Crippen molar-refractivity contribution in [2.24, 2.45) is 0 Å². The molecule has 7 heteroatoms. The molecule has 0 radical (unpaired) electrons. The molecule has 1 aromatic heterocycles. The Kier molecular flexibility index (Phi) is 5.93. The molecule has 24 heavy (non-hydrogen) atoms. The van der Waals surface area contributed by atoms with Crippen LogP contribution in [-0.2, 0) is 4.74 Å². The minimum absolute atomic E-state index is 0.301. The van der Waals surface area contributed by atoms with E-state index < -0.39 is 11.6 Å². The zero-order valence-corrected chi connectivity index (χ0v) is 16.3. The Hall–Kier alpha value is -1.53. The molecule has 0 spiro atoms. The van der Waals surface area contributed by atoms with Crippen molar-refractivity contribution in [3.63, 3.8) is 0 Å². The van der Waals surface area contributed by atoms with Gasteiger partial charge in [-0.25, -0.2) is 4.79 Å². The Morgan fingerprint density at radius 1 is 1.38 bits per heavy atom. The standard InChI is InChI=1S/C17H19BrClNO4/c1-10-14(16(21)23-17(2,3)4)15(20-24-10)11-5-6-13(12(19)9-11)22-8-7-18/h5-6,9H,7-8H2,1-4H3. The average molecular weight is 417 g/mol. The maximum Gasteiger partial charge on any atom is 0.344 e. The second-order valence-corrected chi connectivity index (χ2v) is 7.35. The molecular formula is C17H19BrClNO4. The summed E-state index contributed by atoms with van der Waals surface area (Å²) < 4.78 is 16.1. The molecule has 1 aromatic carbocycles. The number of rotatable bonds is 5. The highest BCUT2D eigenvalue weighted by Crippen LogP contribution is 2.33. The number of aromatic nitrogens is 1. The molecule has 0 N–H and O–H groups in total. The zero-order chi connectivity index (χ0) is 17.9. The second kappa shape index (κ2) is 7.57. The molecule has 0 atom stereocenters. The maximum atomic E-state index is 12.4. The average Bonchev–Trinajstić information content (AvgIpc) is 2.86. The van der Waals surface area contributed by atoms with Gasteiger partial charge in [-0.1, -0.05) is 32.7 Å². The third kappa shape index (κ3) is 4.51. The van der Waals surface area contributed by atoms with Crippen molar-refractivity contribution in [3.8, 4) is 17.0 Å². The Balaban J connectivity index is 2.36. The number of esters is 1. The van der Waals surface area contributed by atoms with Crippen LogP contribution in [0.4, 0.5) is 0 Å². The highest BCUT2D eigenvalue weighted by atomic mass is 79.9. The number of ether oxygens (including phenoxy) is 2. The summed E-state index contributed by atoms with van der Waals surface area (Å²) in [4.78, 5) is 12.4. The molecule has 2 aromatic rings. The number of benzene rings is 1. The van der Waals surface area contributed by atoms with Gasteiger partial charge in [-0.3, -0.25) is 0 Å². The van der Waals surface area contributed by atoms with E-state index in [1.807, 2.05) is 0 Å². The molecule has 2 rings (SSSR count). The van der Waals surface area contributed by atoms with Gasteiger partial charge < -0.3 is 14.0 Å². The van der Waals surface area contributed by atoms with E-state index in [0.29, 0.717) is 45.3 Å². The predicted molar refractivity (Wildman–Crippen MR) is 96.1 cm³/mol. The van der Waals surface area contributed by atoms with E-state index >= 15 is 0 Å². The first-order valence-corrected chi connectivity index (χ1v) is 8.91. The topological polar surface area (TPSA) is 61.6 Å². The third-order valence-corrected chi connectivity index (χ3v) is 3.62. The first kappa shape index (κ1) is 18.8. The molecule has 130 valence electrons. The van der Waals surface area contributed by atoms with Gasteiger partial charge in [0.15, 0.2) is 0 Å². The van der Waals surface area contributed by atoms with Crippen LogP contribution >= 0.6 is 27.5 Å². The fourth-order valence-electron chi connectivity index (χ4n) is 2.05. The van der Waals surface area contributed by atoms with Crippen molar-refractivity contribution >= 4 is 33.5 Å². The van der Waals surface area contributed by atoms with Gasteiger partial charge in [-0.2, -0.15) is 0 Å². The molecule has 0 saturated carbocycles. The number of aryl methyl sites for hydroxylation is 1. The molecular weight excluding hydrogens is 398 g/mol. The Bertz CT molecular complexity index is 737. The van der Waals surface area contributed by atoms with Gasteiger partial charge in [0.2, 0.25) is 0 Å². The van der Waals surface area contributed by atoms with E-state index in [2.05, 4.69) is 21.1 Å². The lowest BCUT2D eigenvalue weighted by Gasteiger charge is -2.19. The van der Waals surface area contributed by atoms with Gasteiger partial charge in [-0.15, -0.1) is 0 Å². The van der Waals surface area contributed by atoms with E-state index in [-0.39, 0.29) is 0 Å². The fourth-order valence-corrected chi connectivity index (χ4v) is 2.45. The van der Waals surface area contributed by atoms with Crippen LogP contribution in [0.5, 0.6) is 5.75 Å². The van der Waals surface area contributed by atoms with Crippen LogP contribution in [0.1, 0.15) is 36.9 Å². The first-order chi connectivity index (χ1) is 11.2. The fraction of sp³-hybridized carbons (Fsp3) is 0.412. The molecule has 0 saturated heterocycles. The van der Waals surface area contributed by atoms with Gasteiger partial charge in [-0.05, 0) is 45.9 Å². The summed E-state index contributed by atoms with van der Waals surface area (Å²) in [6.45, 7) is 7.59. The number of hydrogen-bond acceptors (Lipinski definition) is 5. The number of halogens is 2. The van der Waals surface area contributed by atoms with E-state index in [1.165, 1.54) is 0 Å². The van der Waals surface area contributed by atoms with Crippen LogP contribution in [-0.4, -0.2) is 28.7 Å². The lowest BCUT2D eigenvalue weighted by molar-refractivity contribution is 0.00686. The van der Waals surface area contributed by atoms with Gasteiger partial charge >= 0.3 is 5.97 Å². The molecule has 0 bridgehead atoms. The molecule has 0 aliphatic rings. The first-order valence-electron chi connectivity index (χ1n) is 7.41. The normalized spacial score (nSPS) is 11.4. The number of carbonyl (C=O) groups excluding carboxylic acids is 1. The monoisotopic (exact) mass is 415 g/mol.